The summed E-state index contributed by atoms with van der Waals surface area (Å²) in [4.78, 5) is 0. The minimum absolute atomic E-state index is 1.33. The van der Waals surface area contributed by atoms with E-state index in [0.29, 0.717) is 0 Å². The summed E-state index contributed by atoms with van der Waals surface area (Å²) in [7, 11) is 0. The normalized spacial score (nSPS) is 10.0. The molecule has 0 spiro atoms. The van der Waals surface area contributed by atoms with Gasteiger partial charge >= 0.3 is 179 Å². The van der Waals surface area contributed by atoms with Crippen molar-refractivity contribution in [2.45, 2.75) is 0 Å². The molecule has 0 saturated carbocycles. The second kappa shape index (κ2) is 10.7. The molecule has 4 rings (SSSR count). The minimum atomic E-state index is -2.17. The molecule has 0 saturated heterocycles. The molecule has 0 N–H and O–H groups in total. The molecule has 0 aliphatic rings. The van der Waals surface area contributed by atoms with Crippen LogP contribution in [0.4, 0.5) is 0 Å². The zero-order valence-corrected chi connectivity index (χ0v) is 20.7. The first-order valence-corrected chi connectivity index (χ1v) is 15.6. The van der Waals surface area contributed by atoms with E-state index in [1.165, 1.54) is 3.61 Å². The monoisotopic (exact) mass is 646 g/mol. The van der Waals surface area contributed by atoms with Crippen LogP contribution in [0.1, 0.15) is 0 Å². The zero-order chi connectivity index (χ0) is 18.0. The molecule has 126 valence electrons. The Morgan fingerprint density at radius 2 is 0.654 bits per heavy atom. The van der Waals surface area contributed by atoms with Crippen LogP contribution in [0.25, 0.3) is 0 Å². The Kier molecular flexibility index (Phi) is 7.94. The van der Waals surface area contributed by atoms with Crippen molar-refractivity contribution in [3.63, 3.8) is 0 Å². The molecule has 0 heterocycles. The van der Waals surface area contributed by atoms with Gasteiger partial charge in [-0.3, -0.25) is 0 Å². The summed E-state index contributed by atoms with van der Waals surface area (Å²) in [6.45, 7) is 0. The Labute approximate surface area is 178 Å². The van der Waals surface area contributed by atoms with Crippen molar-refractivity contribution >= 4 is 58.0 Å². The molecule has 2 radical (unpaired) electrons. The van der Waals surface area contributed by atoms with Crippen molar-refractivity contribution in [1.29, 1.82) is 0 Å². The third-order valence-electron chi connectivity index (χ3n) is 3.93. The first-order chi connectivity index (χ1) is 12.8. The molecule has 4 aromatic carbocycles. The van der Waals surface area contributed by atoms with Crippen LogP contribution < -0.4 is 13.0 Å². The third-order valence-corrected chi connectivity index (χ3v) is 15.3. The van der Waals surface area contributed by atoms with Gasteiger partial charge in [0.05, 0.1) is 0 Å². The number of rotatable bonds is 3. The second-order valence-corrected chi connectivity index (χ2v) is 16.8. The van der Waals surface area contributed by atoms with Gasteiger partial charge in [-0.1, -0.05) is 0 Å². The van der Waals surface area contributed by atoms with Gasteiger partial charge in [-0.2, -0.15) is 0 Å². The summed E-state index contributed by atoms with van der Waals surface area (Å²) >= 11 is -0.154. The summed E-state index contributed by atoms with van der Waals surface area (Å²) in [5.74, 6) is 0. The molecule has 4 aromatic rings. The molecule has 0 nitrogen and oxygen atoms in total. The Hall–Kier alpha value is -1.41. The Morgan fingerprint density at radius 1 is 0.385 bits per heavy atom. The molecule has 0 aromatic heterocycles. The molecule has 0 atom stereocenters. The van der Waals surface area contributed by atoms with Gasteiger partial charge in [-0.25, -0.2) is 0 Å². The molecule has 0 fully saturated rings. The van der Waals surface area contributed by atoms with E-state index < -0.39 is 22.7 Å². The first kappa shape index (κ1) is 19.4. The van der Waals surface area contributed by atoms with Gasteiger partial charge < -0.3 is 0 Å². The number of benzene rings is 4. The predicted octanol–water partition coefficient (Wildman–Crippen LogP) is 2.68. The van der Waals surface area contributed by atoms with Crippen LogP contribution >= 0.6 is 0 Å². The molecule has 2 heteroatoms. The fourth-order valence-corrected chi connectivity index (χ4v) is 13.2. The van der Waals surface area contributed by atoms with Gasteiger partial charge in [-0.05, 0) is 0 Å². The van der Waals surface area contributed by atoms with Gasteiger partial charge in [0.1, 0.15) is 0 Å². The van der Waals surface area contributed by atoms with E-state index in [-0.39, 0.29) is 0 Å². The summed E-state index contributed by atoms with van der Waals surface area (Å²) in [5, 5.41) is 0. The van der Waals surface area contributed by atoms with Crippen LogP contribution in [0.15, 0.2) is 121 Å². The SMILES string of the molecule is [Te]c1ccccc1.c1cc[c]([Pb]([c]2ccccc2)[c]2ccccc2)cc1. The maximum atomic E-state index is 2.29. The predicted molar refractivity (Wildman–Crippen MR) is 116 cm³/mol. The van der Waals surface area contributed by atoms with Crippen LogP contribution in [-0.4, -0.2) is 45.0 Å². The topological polar surface area (TPSA) is 0 Å². The van der Waals surface area contributed by atoms with Crippen LogP contribution in [0.3, 0.4) is 0 Å². The zero-order valence-electron chi connectivity index (χ0n) is 14.5. The van der Waals surface area contributed by atoms with E-state index in [1.807, 2.05) is 40.5 Å². The van der Waals surface area contributed by atoms with E-state index in [1.54, 1.807) is 9.37 Å². The standard InChI is InChI=1S/C6H5Te.3C6H5.Pb/c7-6-4-2-1-3-5-6;3*1-2-4-6-5-3-1;/h1-5H;3*1-5H;. The van der Waals surface area contributed by atoms with Crippen LogP contribution in [-0.2, 0) is 0 Å². The molecule has 0 unspecified atom stereocenters. The van der Waals surface area contributed by atoms with E-state index in [4.69, 9.17) is 0 Å². The fourth-order valence-electron chi connectivity index (χ4n) is 2.73. The summed E-state index contributed by atoms with van der Waals surface area (Å²) < 4.78 is 5.97. The average Bonchev–Trinajstić information content (AvgIpc) is 2.72. The quantitative estimate of drug-likeness (QED) is 0.302. The summed E-state index contributed by atoms with van der Waals surface area (Å²) in [6, 6.07) is 43.3. The van der Waals surface area contributed by atoms with Crippen molar-refractivity contribution in [2.75, 3.05) is 0 Å². The Morgan fingerprint density at radius 3 is 0.885 bits per heavy atom. The van der Waals surface area contributed by atoms with Crippen molar-refractivity contribution in [3.05, 3.63) is 121 Å². The Bertz CT molecular complexity index is 784. The van der Waals surface area contributed by atoms with Crippen LogP contribution in [0.5, 0.6) is 0 Å². The third kappa shape index (κ3) is 5.81. The van der Waals surface area contributed by atoms with Gasteiger partial charge in [0.25, 0.3) is 0 Å². The first-order valence-electron chi connectivity index (χ1n) is 8.60. The van der Waals surface area contributed by atoms with Crippen LogP contribution in [0.2, 0.25) is 0 Å². The van der Waals surface area contributed by atoms with Gasteiger partial charge in [0.2, 0.25) is 0 Å². The maximum absolute atomic E-state index is 2.29. The van der Waals surface area contributed by atoms with Gasteiger partial charge in [0.15, 0.2) is 0 Å². The number of hydrogen-bond donors (Lipinski definition) is 0. The van der Waals surface area contributed by atoms with Crippen molar-refractivity contribution in [2.24, 2.45) is 0 Å². The Balaban J connectivity index is 0.000000236. The number of hydrogen-bond acceptors (Lipinski definition) is 0. The fraction of sp³-hybridized carbons (Fsp3) is 0. The molecule has 0 amide bonds. The molecule has 0 aliphatic carbocycles. The molecule has 0 aliphatic heterocycles. The van der Waals surface area contributed by atoms with E-state index in [0.717, 1.165) is 0 Å². The second-order valence-electron chi connectivity index (χ2n) is 5.79. The van der Waals surface area contributed by atoms with Crippen LogP contribution in [0, 0.1) is 0 Å². The van der Waals surface area contributed by atoms with Crippen molar-refractivity contribution in [1.82, 2.24) is 0 Å². The average molecular weight is 643 g/mol. The van der Waals surface area contributed by atoms with Crippen molar-refractivity contribution in [3.8, 4) is 0 Å². The van der Waals surface area contributed by atoms with E-state index >= 15 is 0 Å². The van der Waals surface area contributed by atoms with Crippen molar-refractivity contribution < 1.29 is 0 Å². The van der Waals surface area contributed by atoms with E-state index in [9.17, 15) is 0 Å². The van der Waals surface area contributed by atoms with E-state index in [2.05, 4.69) is 103 Å². The molecule has 26 heavy (non-hydrogen) atoms. The molecular formula is C24H20PbTe. The molecule has 0 bridgehead atoms. The van der Waals surface area contributed by atoms with Gasteiger partial charge in [-0.15, -0.1) is 0 Å². The molecular weight excluding hydrogens is 623 g/mol. The summed E-state index contributed by atoms with van der Waals surface area (Å²) in [6.07, 6.45) is 0. The van der Waals surface area contributed by atoms with Gasteiger partial charge in [0, 0.05) is 0 Å². The summed E-state index contributed by atoms with van der Waals surface area (Å²) in [5.41, 5.74) is 0.